The summed E-state index contributed by atoms with van der Waals surface area (Å²) in [6, 6.07) is -0.0805. The molecule has 1 aliphatic heterocycles. The molecular formula is C10H18N4O2S. The summed E-state index contributed by atoms with van der Waals surface area (Å²) in [5.74, 6) is 0. The van der Waals surface area contributed by atoms with E-state index in [1.165, 1.54) is 10.5 Å². The normalized spacial score (nSPS) is 22.8. The van der Waals surface area contributed by atoms with Crippen LogP contribution < -0.4 is 5.73 Å². The lowest BCUT2D eigenvalue weighted by Crippen LogP contribution is -2.47. The number of nitrogens with two attached hydrogens (primary N) is 1. The number of hydrogen-bond acceptors (Lipinski definition) is 4. The molecule has 96 valence electrons. The van der Waals surface area contributed by atoms with E-state index in [0.29, 0.717) is 18.8 Å². The lowest BCUT2D eigenvalue weighted by atomic mass is 10.1. The van der Waals surface area contributed by atoms with Crippen LogP contribution in [0.3, 0.4) is 0 Å². The molecule has 1 saturated heterocycles. The van der Waals surface area contributed by atoms with Crippen LogP contribution in [0.4, 0.5) is 0 Å². The first-order valence-corrected chi connectivity index (χ1v) is 7.23. The minimum absolute atomic E-state index is 0.0805. The van der Waals surface area contributed by atoms with Crippen LogP contribution in [0.1, 0.15) is 25.0 Å². The minimum atomic E-state index is -3.45. The van der Waals surface area contributed by atoms with Crippen LogP contribution in [-0.4, -0.2) is 42.1 Å². The fraction of sp³-hybridized carbons (Fsp3) is 0.700. The topological polar surface area (TPSA) is 92.1 Å². The van der Waals surface area contributed by atoms with Crippen LogP contribution in [0.25, 0.3) is 0 Å². The van der Waals surface area contributed by atoms with E-state index < -0.39 is 10.0 Å². The molecule has 0 saturated carbocycles. The number of aromatic nitrogens is 2. The van der Waals surface area contributed by atoms with Crippen molar-refractivity contribution in [1.82, 2.24) is 14.5 Å². The van der Waals surface area contributed by atoms with Crippen LogP contribution in [0, 0.1) is 6.92 Å². The quantitative estimate of drug-likeness (QED) is 0.811. The van der Waals surface area contributed by atoms with Gasteiger partial charge in [0.1, 0.15) is 4.90 Å². The van der Waals surface area contributed by atoms with Gasteiger partial charge in [-0.05, 0) is 19.8 Å². The zero-order valence-corrected chi connectivity index (χ0v) is 10.7. The predicted octanol–water partition coefficient (Wildman–Crippen LogP) is 0.220. The van der Waals surface area contributed by atoms with E-state index in [4.69, 9.17) is 5.73 Å². The van der Waals surface area contributed by atoms with Gasteiger partial charge < -0.3 is 5.73 Å². The molecule has 0 aliphatic carbocycles. The molecule has 1 atom stereocenters. The van der Waals surface area contributed by atoms with Gasteiger partial charge in [0.05, 0.1) is 11.9 Å². The smallest absolute Gasteiger partial charge is 0.246 e. The number of H-pyrrole nitrogens is 1. The number of rotatable bonds is 3. The molecule has 1 fully saturated rings. The first-order chi connectivity index (χ1) is 8.07. The third kappa shape index (κ3) is 2.22. The molecule has 0 radical (unpaired) electrons. The van der Waals surface area contributed by atoms with E-state index in [2.05, 4.69) is 10.2 Å². The van der Waals surface area contributed by atoms with E-state index in [9.17, 15) is 8.42 Å². The van der Waals surface area contributed by atoms with Crippen molar-refractivity contribution in [2.24, 2.45) is 5.73 Å². The molecule has 1 aromatic heterocycles. The highest BCUT2D eigenvalue weighted by Crippen LogP contribution is 2.25. The molecule has 1 aromatic rings. The van der Waals surface area contributed by atoms with E-state index >= 15 is 0 Å². The van der Waals surface area contributed by atoms with E-state index in [1.54, 1.807) is 6.92 Å². The van der Waals surface area contributed by atoms with Gasteiger partial charge in [0, 0.05) is 19.1 Å². The van der Waals surface area contributed by atoms with Gasteiger partial charge >= 0.3 is 0 Å². The first kappa shape index (κ1) is 12.5. The summed E-state index contributed by atoms with van der Waals surface area (Å²) in [5.41, 5.74) is 6.23. The Morgan fingerprint density at radius 2 is 2.35 bits per heavy atom. The summed E-state index contributed by atoms with van der Waals surface area (Å²) in [6.07, 6.45) is 4.14. The van der Waals surface area contributed by atoms with Crippen molar-refractivity contribution < 1.29 is 8.42 Å². The fourth-order valence-corrected chi connectivity index (χ4v) is 4.08. The average molecular weight is 258 g/mol. The van der Waals surface area contributed by atoms with Gasteiger partial charge in [0.15, 0.2) is 0 Å². The molecule has 0 amide bonds. The second-order valence-electron chi connectivity index (χ2n) is 4.36. The number of piperidine rings is 1. The Morgan fingerprint density at radius 3 is 2.94 bits per heavy atom. The van der Waals surface area contributed by atoms with Crippen molar-refractivity contribution in [3.05, 3.63) is 11.9 Å². The predicted molar refractivity (Wildman–Crippen MR) is 63.9 cm³/mol. The molecule has 2 rings (SSSR count). The Balaban J connectivity index is 2.34. The molecule has 1 unspecified atom stereocenters. The summed E-state index contributed by atoms with van der Waals surface area (Å²) in [5, 5.41) is 6.43. The lowest BCUT2D eigenvalue weighted by Gasteiger charge is -2.33. The van der Waals surface area contributed by atoms with E-state index in [0.717, 1.165) is 19.3 Å². The highest BCUT2D eigenvalue weighted by Gasteiger charge is 2.34. The molecule has 7 heteroatoms. The van der Waals surface area contributed by atoms with Crippen molar-refractivity contribution in [2.75, 3.05) is 13.1 Å². The Labute approximate surface area is 101 Å². The van der Waals surface area contributed by atoms with Crippen molar-refractivity contribution in [3.8, 4) is 0 Å². The van der Waals surface area contributed by atoms with Crippen LogP contribution >= 0.6 is 0 Å². The standard InChI is InChI=1S/C10H18N4O2S/c1-8-10(7-12-13-8)17(15,16)14-5-3-2-4-9(14)6-11/h7,9H,2-6,11H2,1H3,(H,12,13). The fourth-order valence-electron chi connectivity index (χ4n) is 2.25. The average Bonchev–Trinajstić information content (AvgIpc) is 2.76. The highest BCUT2D eigenvalue weighted by atomic mass is 32.2. The molecule has 2 heterocycles. The molecule has 1 aliphatic rings. The molecule has 3 N–H and O–H groups in total. The van der Waals surface area contributed by atoms with Crippen LogP contribution in [0.5, 0.6) is 0 Å². The van der Waals surface area contributed by atoms with Gasteiger partial charge in [-0.2, -0.15) is 9.40 Å². The van der Waals surface area contributed by atoms with E-state index in [-0.39, 0.29) is 10.9 Å². The third-order valence-electron chi connectivity index (χ3n) is 3.22. The van der Waals surface area contributed by atoms with Gasteiger partial charge in [-0.15, -0.1) is 0 Å². The number of hydrogen-bond donors (Lipinski definition) is 2. The molecule has 17 heavy (non-hydrogen) atoms. The maximum Gasteiger partial charge on any atom is 0.246 e. The van der Waals surface area contributed by atoms with Crippen molar-refractivity contribution >= 4 is 10.0 Å². The zero-order valence-electron chi connectivity index (χ0n) is 9.89. The molecular weight excluding hydrogens is 240 g/mol. The van der Waals surface area contributed by atoms with E-state index in [1.807, 2.05) is 0 Å². The highest BCUT2D eigenvalue weighted by molar-refractivity contribution is 7.89. The molecule has 6 nitrogen and oxygen atoms in total. The molecule has 0 bridgehead atoms. The van der Waals surface area contributed by atoms with Crippen LogP contribution in [0.2, 0.25) is 0 Å². The first-order valence-electron chi connectivity index (χ1n) is 5.79. The Bertz CT molecular complexity index is 482. The SMILES string of the molecule is Cc1[nH]ncc1S(=O)(=O)N1CCCCC1CN. The van der Waals surface area contributed by atoms with Crippen molar-refractivity contribution in [2.45, 2.75) is 37.1 Å². The van der Waals surface area contributed by atoms with Crippen molar-refractivity contribution in [1.29, 1.82) is 0 Å². The monoisotopic (exact) mass is 258 g/mol. The summed E-state index contributed by atoms with van der Waals surface area (Å²) in [7, 11) is -3.45. The number of nitrogens with one attached hydrogen (secondary N) is 1. The number of sulfonamides is 1. The van der Waals surface area contributed by atoms with Crippen LogP contribution in [0.15, 0.2) is 11.1 Å². The molecule has 0 aromatic carbocycles. The lowest BCUT2D eigenvalue weighted by molar-refractivity contribution is 0.257. The van der Waals surface area contributed by atoms with Gasteiger partial charge in [-0.1, -0.05) is 6.42 Å². The minimum Gasteiger partial charge on any atom is -0.329 e. The zero-order chi connectivity index (χ0) is 12.5. The number of aryl methyl sites for hydroxylation is 1. The Hall–Kier alpha value is -0.920. The summed E-state index contributed by atoms with van der Waals surface area (Å²) >= 11 is 0. The largest absolute Gasteiger partial charge is 0.329 e. The van der Waals surface area contributed by atoms with Gasteiger partial charge in [-0.3, -0.25) is 5.10 Å². The van der Waals surface area contributed by atoms with Gasteiger partial charge in [0.25, 0.3) is 0 Å². The Kier molecular flexibility index (Phi) is 3.50. The van der Waals surface area contributed by atoms with Crippen molar-refractivity contribution in [3.63, 3.8) is 0 Å². The maximum absolute atomic E-state index is 12.4. The van der Waals surface area contributed by atoms with Gasteiger partial charge in [0.2, 0.25) is 10.0 Å². The summed E-state index contributed by atoms with van der Waals surface area (Å²) in [4.78, 5) is 0.262. The number of nitrogens with zero attached hydrogens (tertiary/aromatic N) is 2. The van der Waals surface area contributed by atoms with Gasteiger partial charge in [-0.25, -0.2) is 8.42 Å². The molecule has 0 spiro atoms. The second kappa shape index (κ2) is 4.75. The summed E-state index contributed by atoms with van der Waals surface area (Å²) in [6.45, 7) is 2.63. The summed E-state index contributed by atoms with van der Waals surface area (Å²) < 4.78 is 26.4. The Morgan fingerprint density at radius 1 is 1.59 bits per heavy atom. The number of aromatic amines is 1. The second-order valence-corrected chi connectivity index (χ2v) is 6.22. The maximum atomic E-state index is 12.4. The van der Waals surface area contributed by atoms with Crippen LogP contribution in [-0.2, 0) is 10.0 Å². The third-order valence-corrected chi connectivity index (χ3v) is 5.28.